The number of amides is 1. The van der Waals surface area contributed by atoms with Crippen molar-refractivity contribution in [3.63, 3.8) is 0 Å². The van der Waals surface area contributed by atoms with Gasteiger partial charge in [0.15, 0.2) is 0 Å². The minimum Gasteiger partial charge on any atom is -0.320 e. The van der Waals surface area contributed by atoms with Crippen molar-refractivity contribution in [2.24, 2.45) is 0 Å². The first-order valence-electron chi connectivity index (χ1n) is 8.04. The topological polar surface area (TPSA) is 48.5 Å². The van der Waals surface area contributed by atoms with E-state index in [9.17, 15) is 4.79 Å². The van der Waals surface area contributed by atoms with E-state index in [1.54, 1.807) is 18.0 Å². The third kappa shape index (κ3) is 4.80. The minimum absolute atomic E-state index is 0.0785. The Morgan fingerprint density at radius 2 is 2.17 bits per heavy atom. The van der Waals surface area contributed by atoms with Crippen LogP contribution < -0.4 is 5.32 Å². The maximum atomic E-state index is 12.2. The molecule has 0 unspecified atom stereocenters. The zero-order valence-electron chi connectivity index (χ0n) is 13.8. The molecular formula is C17H22N4OS2. The van der Waals surface area contributed by atoms with Crippen molar-refractivity contribution in [1.82, 2.24) is 14.8 Å². The number of nitrogens with zero attached hydrogens (tertiary/aromatic N) is 3. The van der Waals surface area contributed by atoms with Crippen LogP contribution in [0.5, 0.6) is 0 Å². The lowest BCUT2D eigenvalue weighted by molar-refractivity contribution is 0.102. The SMILES string of the molecule is CN1CCN(CCSc2ncccc2NC(=O)c2ccsc2)CC1. The lowest BCUT2D eigenvalue weighted by Crippen LogP contribution is -2.45. The predicted molar refractivity (Wildman–Crippen MR) is 101 cm³/mol. The summed E-state index contributed by atoms with van der Waals surface area (Å²) in [5, 5.41) is 7.62. The van der Waals surface area contributed by atoms with Crippen LogP contribution in [0.25, 0.3) is 0 Å². The summed E-state index contributed by atoms with van der Waals surface area (Å²) >= 11 is 3.22. The molecule has 2 aromatic rings. The second kappa shape index (κ2) is 8.62. The Morgan fingerprint density at radius 3 is 2.92 bits per heavy atom. The number of likely N-dealkylation sites (N-methyl/N-ethyl adjacent to an activating group) is 1. The number of carbonyl (C=O) groups is 1. The van der Waals surface area contributed by atoms with E-state index < -0.39 is 0 Å². The van der Waals surface area contributed by atoms with Crippen LogP contribution in [0.1, 0.15) is 10.4 Å². The van der Waals surface area contributed by atoms with Gasteiger partial charge in [-0.15, -0.1) is 11.8 Å². The molecule has 1 aliphatic heterocycles. The molecule has 2 aromatic heterocycles. The van der Waals surface area contributed by atoms with Gasteiger partial charge >= 0.3 is 0 Å². The molecule has 1 amide bonds. The largest absolute Gasteiger partial charge is 0.320 e. The summed E-state index contributed by atoms with van der Waals surface area (Å²) < 4.78 is 0. The van der Waals surface area contributed by atoms with Crippen molar-refractivity contribution in [1.29, 1.82) is 0 Å². The molecule has 7 heteroatoms. The fourth-order valence-electron chi connectivity index (χ4n) is 2.53. The molecule has 1 aliphatic rings. The molecule has 0 aromatic carbocycles. The first-order chi connectivity index (χ1) is 11.7. The van der Waals surface area contributed by atoms with Gasteiger partial charge < -0.3 is 10.2 Å². The van der Waals surface area contributed by atoms with Crippen LogP contribution in [0.4, 0.5) is 5.69 Å². The van der Waals surface area contributed by atoms with Crippen LogP contribution in [-0.4, -0.2) is 66.2 Å². The second-order valence-electron chi connectivity index (χ2n) is 5.82. The van der Waals surface area contributed by atoms with Crippen LogP contribution in [-0.2, 0) is 0 Å². The summed E-state index contributed by atoms with van der Waals surface area (Å²) in [5.74, 6) is 0.896. The number of hydrogen-bond donors (Lipinski definition) is 1. The number of anilines is 1. The zero-order chi connectivity index (χ0) is 16.8. The van der Waals surface area contributed by atoms with Crippen molar-refractivity contribution in [3.05, 3.63) is 40.7 Å². The van der Waals surface area contributed by atoms with E-state index in [1.807, 2.05) is 29.0 Å². The molecule has 24 heavy (non-hydrogen) atoms. The highest BCUT2D eigenvalue weighted by atomic mass is 32.2. The van der Waals surface area contributed by atoms with Crippen molar-refractivity contribution in [2.75, 3.05) is 50.8 Å². The van der Waals surface area contributed by atoms with E-state index in [1.165, 1.54) is 11.3 Å². The first-order valence-corrected chi connectivity index (χ1v) is 9.97. The Balaban J connectivity index is 1.53. The normalized spacial score (nSPS) is 16.2. The number of piperazine rings is 1. The average molecular weight is 363 g/mol. The number of thiophene rings is 1. The van der Waals surface area contributed by atoms with Gasteiger partial charge in [0.05, 0.1) is 11.3 Å². The molecule has 0 bridgehead atoms. The van der Waals surface area contributed by atoms with Gasteiger partial charge in [-0.1, -0.05) is 0 Å². The third-order valence-electron chi connectivity index (χ3n) is 4.04. The number of hydrogen-bond acceptors (Lipinski definition) is 6. The Morgan fingerprint density at radius 1 is 1.33 bits per heavy atom. The lowest BCUT2D eigenvalue weighted by Gasteiger charge is -2.32. The molecule has 0 aliphatic carbocycles. The van der Waals surface area contributed by atoms with E-state index in [0.29, 0.717) is 5.56 Å². The van der Waals surface area contributed by atoms with Gasteiger partial charge in [-0.3, -0.25) is 9.69 Å². The third-order valence-corrected chi connectivity index (χ3v) is 5.71. The van der Waals surface area contributed by atoms with E-state index in [0.717, 1.165) is 49.2 Å². The molecule has 1 fully saturated rings. The van der Waals surface area contributed by atoms with Gasteiger partial charge in [-0.2, -0.15) is 11.3 Å². The fraction of sp³-hybridized carbons (Fsp3) is 0.412. The maximum Gasteiger partial charge on any atom is 0.256 e. The van der Waals surface area contributed by atoms with Gasteiger partial charge in [0.25, 0.3) is 5.91 Å². The van der Waals surface area contributed by atoms with Gasteiger partial charge in [0.1, 0.15) is 5.03 Å². The van der Waals surface area contributed by atoms with Crippen molar-refractivity contribution in [3.8, 4) is 0 Å². The van der Waals surface area contributed by atoms with Crippen LogP contribution in [0.15, 0.2) is 40.2 Å². The molecule has 3 heterocycles. The van der Waals surface area contributed by atoms with Gasteiger partial charge in [-0.25, -0.2) is 4.98 Å². The number of nitrogens with one attached hydrogen (secondary N) is 1. The van der Waals surface area contributed by atoms with E-state index in [-0.39, 0.29) is 5.91 Å². The fourth-order valence-corrected chi connectivity index (χ4v) is 4.12. The second-order valence-corrected chi connectivity index (χ2v) is 7.68. The molecule has 0 radical (unpaired) electrons. The summed E-state index contributed by atoms with van der Waals surface area (Å²) in [6, 6.07) is 5.60. The molecule has 128 valence electrons. The van der Waals surface area contributed by atoms with Crippen molar-refractivity contribution < 1.29 is 4.79 Å². The first kappa shape index (κ1) is 17.4. The number of thioether (sulfide) groups is 1. The monoisotopic (exact) mass is 362 g/mol. The Labute approximate surface area is 151 Å². The van der Waals surface area contributed by atoms with E-state index in [4.69, 9.17) is 0 Å². The Hall–Kier alpha value is -1.41. The maximum absolute atomic E-state index is 12.2. The van der Waals surface area contributed by atoms with E-state index in [2.05, 4.69) is 27.1 Å². The molecule has 3 rings (SSSR count). The number of aromatic nitrogens is 1. The van der Waals surface area contributed by atoms with Crippen molar-refractivity contribution >= 4 is 34.7 Å². The smallest absolute Gasteiger partial charge is 0.256 e. The van der Waals surface area contributed by atoms with Crippen LogP contribution >= 0.6 is 23.1 Å². The lowest BCUT2D eigenvalue weighted by atomic mass is 10.3. The molecule has 1 saturated heterocycles. The van der Waals surface area contributed by atoms with Gasteiger partial charge in [-0.05, 0) is 30.6 Å². The highest BCUT2D eigenvalue weighted by Crippen LogP contribution is 2.25. The quantitative estimate of drug-likeness (QED) is 0.801. The summed E-state index contributed by atoms with van der Waals surface area (Å²) in [5.41, 5.74) is 1.48. The van der Waals surface area contributed by atoms with Crippen LogP contribution in [0.2, 0.25) is 0 Å². The highest BCUT2D eigenvalue weighted by Gasteiger charge is 2.14. The predicted octanol–water partition coefficient (Wildman–Crippen LogP) is 2.73. The summed E-state index contributed by atoms with van der Waals surface area (Å²) in [6.07, 6.45) is 1.78. The number of carbonyl (C=O) groups excluding carboxylic acids is 1. The summed E-state index contributed by atoms with van der Waals surface area (Å²) in [4.78, 5) is 21.5. The molecule has 1 N–H and O–H groups in total. The molecule has 0 spiro atoms. The van der Waals surface area contributed by atoms with Crippen LogP contribution in [0.3, 0.4) is 0 Å². The van der Waals surface area contributed by atoms with Crippen molar-refractivity contribution in [2.45, 2.75) is 5.03 Å². The molecule has 0 saturated carbocycles. The average Bonchev–Trinajstić information content (AvgIpc) is 3.13. The van der Waals surface area contributed by atoms with Gasteiger partial charge in [0, 0.05) is 50.1 Å². The molecule has 0 atom stereocenters. The number of rotatable bonds is 6. The minimum atomic E-state index is -0.0785. The van der Waals surface area contributed by atoms with E-state index >= 15 is 0 Å². The Bertz CT molecular complexity index is 654. The summed E-state index contributed by atoms with van der Waals surface area (Å²) in [7, 11) is 2.17. The highest BCUT2D eigenvalue weighted by molar-refractivity contribution is 7.99. The van der Waals surface area contributed by atoms with Crippen LogP contribution in [0, 0.1) is 0 Å². The standard InChI is InChI=1S/C17H22N4OS2/c1-20-6-8-21(9-7-20)10-12-24-17-15(3-2-5-18-17)19-16(22)14-4-11-23-13-14/h2-5,11,13H,6-10,12H2,1H3,(H,19,22). The summed E-state index contributed by atoms with van der Waals surface area (Å²) in [6.45, 7) is 5.57. The number of pyridine rings is 1. The van der Waals surface area contributed by atoms with Gasteiger partial charge in [0.2, 0.25) is 0 Å². The molecule has 5 nitrogen and oxygen atoms in total. The Kier molecular flexibility index (Phi) is 6.25. The molecular weight excluding hydrogens is 340 g/mol. The zero-order valence-corrected chi connectivity index (χ0v) is 15.4.